The molecule has 0 aromatic heterocycles. The average molecular weight is 178 g/mol. The first-order valence-electron chi connectivity index (χ1n) is 3.75. The largest absolute Gasteiger partial charge is 0.406 e. The van der Waals surface area contributed by atoms with E-state index in [0.29, 0.717) is 0 Å². The Labute approximate surface area is 67.2 Å². The Kier molecular flexibility index (Phi) is 3.22. The molecule has 0 atom stereocenters. The Balaban J connectivity index is 2.27. The van der Waals surface area contributed by atoms with Crippen LogP contribution in [0, 0.1) is 0 Å². The standard InChI is InChI=1S/C6H14O2SSi/c1-3-7-10(8-4-2)6-5-9-10/h3-6H2,1-2H3. The maximum Gasteiger partial charge on any atom is 0.406 e. The zero-order valence-corrected chi connectivity index (χ0v) is 8.37. The lowest BCUT2D eigenvalue weighted by Gasteiger charge is -2.35. The van der Waals surface area contributed by atoms with E-state index in [-0.39, 0.29) is 0 Å². The van der Waals surface area contributed by atoms with E-state index in [1.807, 2.05) is 25.1 Å². The molecule has 0 bridgehead atoms. The summed E-state index contributed by atoms with van der Waals surface area (Å²) in [4.78, 5) is 0. The fourth-order valence-electron chi connectivity index (χ4n) is 0.978. The first kappa shape index (κ1) is 8.58. The molecular weight excluding hydrogens is 164 g/mol. The Morgan fingerprint density at radius 2 is 1.80 bits per heavy atom. The zero-order chi connectivity index (χ0) is 7.45. The van der Waals surface area contributed by atoms with Crippen molar-refractivity contribution in [2.24, 2.45) is 0 Å². The van der Waals surface area contributed by atoms with E-state index >= 15 is 0 Å². The summed E-state index contributed by atoms with van der Waals surface area (Å²) in [7, 11) is -1.63. The SMILES string of the molecule is CCO[Si]1(OCC)CCS1. The molecule has 0 amide bonds. The highest BCUT2D eigenvalue weighted by atomic mass is 32.4. The van der Waals surface area contributed by atoms with Crippen LogP contribution in [0.1, 0.15) is 13.8 Å². The molecule has 60 valence electrons. The second-order valence-electron chi connectivity index (χ2n) is 2.15. The van der Waals surface area contributed by atoms with Gasteiger partial charge in [-0.3, -0.25) is 0 Å². The highest BCUT2D eigenvalue weighted by molar-refractivity contribution is 8.29. The minimum atomic E-state index is -1.63. The van der Waals surface area contributed by atoms with Crippen LogP contribution in [0.3, 0.4) is 0 Å². The Morgan fingerprint density at radius 3 is 2.00 bits per heavy atom. The molecule has 10 heavy (non-hydrogen) atoms. The van der Waals surface area contributed by atoms with Gasteiger partial charge < -0.3 is 8.85 Å². The third kappa shape index (κ3) is 1.75. The first-order chi connectivity index (χ1) is 4.83. The van der Waals surface area contributed by atoms with Gasteiger partial charge in [-0.25, -0.2) is 0 Å². The molecule has 1 rings (SSSR count). The summed E-state index contributed by atoms with van der Waals surface area (Å²) in [5.41, 5.74) is 0. The monoisotopic (exact) mass is 178 g/mol. The van der Waals surface area contributed by atoms with Crippen LogP contribution in [0.4, 0.5) is 0 Å². The molecular formula is C6H14O2SSi. The second-order valence-corrected chi connectivity index (χ2v) is 8.02. The van der Waals surface area contributed by atoms with Gasteiger partial charge >= 0.3 is 7.71 Å². The minimum absolute atomic E-state index is 0.805. The van der Waals surface area contributed by atoms with Crippen LogP contribution in [0.15, 0.2) is 0 Å². The van der Waals surface area contributed by atoms with Gasteiger partial charge in [-0.2, -0.15) is 0 Å². The second kappa shape index (κ2) is 3.76. The summed E-state index contributed by atoms with van der Waals surface area (Å²) in [6.45, 7) is 5.68. The van der Waals surface area contributed by atoms with E-state index in [1.165, 1.54) is 11.8 Å². The molecule has 1 aliphatic rings. The fraction of sp³-hybridized carbons (Fsp3) is 1.00. The van der Waals surface area contributed by atoms with E-state index in [0.717, 1.165) is 13.2 Å². The van der Waals surface area contributed by atoms with Crippen LogP contribution >= 0.6 is 11.2 Å². The maximum atomic E-state index is 5.59. The van der Waals surface area contributed by atoms with Crippen molar-refractivity contribution in [2.75, 3.05) is 19.0 Å². The van der Waals surface area contributed by atoms with Crippen molar-refractivity contribution in [3.63, 3.8) is 0 Å². The van der Waals surface area contributed by atoms with Crippen molar-refractivity contribution in [2.45, 2.75) is 19.9 Å². The summed E-state index contributed by atoms with van der Waals surface area (Å²) < 4.78 is 11.2. The van der Waals surface area contributed by atoms with Gasteiger partial charge in [0.05, 0.1) is 0 Å². The van der Waals surface area contributed by atoms with Gasteiger partial charge in [0.15, 0.2) is 0 Å². The Morgan fingerprint density at radius 1 is 1.30 bits per heavy atom. The molecule has 0 saturated carbocycles. The minimum Gasteiger partial charge on any atom is -0.387 e. The molecule has 2 nitrogen and oxygen atoms in total. The lowest BCUT2D eigenvalue weighted by atomic mass is 10.9. The predicted molar refractivity (Wildman–Crippen MR) is 46.3 cm³/mol. The number of hydrogen-bond donors (Lipinski definition) is 0. The van der Waals surface area contributed by atoms with Gasteiger partial charge in [-0.15, -0.1) is 11.2 Å². The highest BCUT2D eigenvalue weighted by Gasteiger charge is 2.45. The van der Waals surface area contributed by atoms with Crippen LogP contribution in [-0.4, -0.2) is 26.7 Å². The van der Waals surface area contributed by atoms with Gasteiger partial charge in [0.1, 0.15) is 0 Å². The molecule has 1 heterocycles. The quantitative estimate of drug-likeness (QED) is 0.611. The molecule has 1 aliphatic heterocycles. The third-order valence-electron chi connectivity index (χ3n) is 1.46. The van der Waals surface area contributed by atoms with Crippen LogP contribution in [0.2, 0.25) is 6.04 Å². The normalized spacial score (nSPS) is 22.2. The fourth-order valence-corrected chi connectivity index (χ4v) is 5.75. The molecule has 0 radical (unpaired) electrons. The Bertz CT molecular complexity index is 97.9. The van der Waals surface area contributed by atoms with E-state index in [1.54, 1.807) is 0 Å². The van der Waals surface area contributed by atoms with E-state index in [4.69, 9.17) is 8.85 Å². The molecule has 0 unspecified atom stereocenters. The average Bonchev–Trinajstić information content (AvgIpc) is 1.84. The molecule has 0 aromatic carbocycles. The smallest absolute Gasteiger partial charge is 0.387 e. The summed E-state index contributed by atoms with van der Waals surface area (Å²) in [6.07, 6.45) is 0. The maximum absolute atomic E-state index is 5.59. The summed E-state index contributed by atoms with van der Waals surface area (Å²) >= 11 is 1.90. The predicted octanol–water partition coefficient (Wildman–Crippen LogP) is 1.75. The number of rotatable bonds is 4. The van der Waals surface area contributed by atoms with E-state index in [2.05, 4.69) is 0 Å². The van der Waals surface area contributed by atoms with Gasteiger partial charge in [0, 0.05) is 19.3 Å². The Hall–Kier alpha value is 0.487. The lowest BCUT2D eigenvalue weighted by Crippen LogP contribution is -2.46. The van der Waals surface area contributed by atoms with Crippen LogP contribution < -0.4 is 0 Å². The zero-order valence-electron chi connectivity index (χ0n) is 6.55. The molecule has 0 aromatic rings. The van der Waals surface area contributed by atoms with Gasteiger partial charge in [-0.1, -0.05) is 0 Å². The van der Waals surface area contributed by atoms with Crippen LogP contribution in [0.5, 0.6) is 0 Å². The van der Waals surface area contributed by atoms with Crippen molar-refractivity contribution >= 4 is 18.9 Å². The number of hydrogen-bond acceptors (Lipinski definition) is 3. The highest BCUT2D eigenvalue weighted by Crippen LogP contribution is 2.38. The van der Waals surface area contributed by atoms with Crippen LogP contribution in [-0.2, 0) is 8.85 Å². The summed E-state index contributed by atoms with van der Waals surface area (Å²) in [5.74, 6) is 1.23. The molecule has 0 aliphatic carbocycles. The van der Waals surface area contributed by atoms with Gasteiger partial charge in [0.25, 0.3) is 0 Å². The van der Waals surface area contributed by atoms with Crippen molar-refractivity contribution in [3.05, 3.63) is 0 Å². The van der Waals surface area contributed by atoms with Crippen molar-refractivity contribution < 1.29 is 8.85 Å². The van der Waals surface area contributed by atoms with Crippen LogP contribution in [0.25, 0.3) is 0 Å². The molecule has 0 N–H and O–H groups in total. The van der Waals surface area contributed by atoms with Gasteiger partial charge in [-0.05, 0) is 19.6 Å². The van der Waals surface area contributed by atoms with Crippen molar-refractivity contribution in [1.29, 1.82) is 0 Å². The van der Waals surface area contributed by atoms with Crippen molar-refractivity contribution in [1.82, 2.24) is 0 Å². The molecule has 4 heteroatoms. The van der Waals surface area contributed by atoms with E-state index in [9.17, 15) is 0 Å². The third-order valence-corrected chi connectivity index (χ3v) is 8.24. The van der Waals surface area contributed by atoms with E-state index < -0.39 is 7.71 Å². The lowest BCUT2D eigenvalue weighted by molar-refractivity contribution is 0.203. The van der Waals surface area contributed by atoms with Crippen molar-refractivity contribution in [3.8, 4) is 0 Å². The molecule has 1 saturated heterocycles. The molecule has 1 fully saturated rings. The summed E-state index contributed by atoms with van der Waals surface area (Å²) in [6, 6.07) is 1.18. The summed E-state index contributed by atoms with van der Waals surface area (Å²) in [5, 5.41) is 0. The molecule has 0 spiro atoms. The first-order valence-corrected chi connectivity index (χ1v) is 7.48. The topological polar surface area (TPSA) is 18.5 Å². The van der Waals surface area contributed by atoms with Gasteiger partial charge in [0.2, 0.25) is 0 Å².